The van der Waals surface area contributed by atoms with Crippen molar-refractivity contribution >= 4 is 43.5 Å². The second-order valence-corrected chi connectivity index (χ2v) is 13.7. The molecule has 0 bridgehead atoms. The van der Waals surface area contributed by atoms with Crippen LogP contribution in [0.5, 0.6) is 0 Å². The molecule has 6 heteroatoms. The van der Waals surface area contributed by atoms with Gasteiger partial charge in [0.2, 0.25) is 0 Å². The number of benzene rings is 7. The lowest BCUT2D eigenvalue weighted by atomic mass is 9.96. The Balaban J connectivity index is 1.15. The van der Waals surface area contributed by atoms with Gasteiger partial charge in [0.1, 0.15) is 16.2 Å². The van der Waals surface area contributed by atoms with E-state index in [1.165, 1.54) is 4.70 Å². The van der Waals surface area contributed by atoms with Gasteiger partial charge in [0, 0.05) is 33.0 Å². The molecular weight excluding hydrogens is 657 g/mol. The fraction of sp³-hybridized carbons (Fsp3) is 0. The Morgan fingerprint density at radius 3 is 1.62 bits per heavy atom. The van der Waals surface area contributed by atoms with Crippen molar-refractivity contribution in [2.75, 3.05) is 0 Å². The van der Waals surface area contributed by atoms with Gasteiger partial charge in [-0.3, -0.25) is 0 Å². The van der Waals surface area contributed by atoms with Crippen LogP contribution < -0.4 is 0 Å². The number of hydrogen-bond donors (Lipinski definition) is 0. The van der Waals surface area contributed by atoms with Crippen molar-refractivity contribution in [1.29, 1.82) is 0 Å². The highest BCUT2D eigenvalue weighted by molar-refractivity contribution is 7.21. The second kappa shape index (κ2) is 12.5. The summed E-state index contributed by atoms with van der Waals surface area (Å²) >= 11 is 1.71. The van der Waals surface area contributed by atoms with Gasteiger partial charge in [0.15, 0.2) is 17.5 Å². The fourth-order valence-corrected chi connectivity index (χ4v) is 7.86. The van der Waals surface area contributed by atoms with Crippen molar-refractivity contribution in [3.8, 4) is 67.0 Å². The zero-order valence-electron chi connectivity index (χ0n) is 27.8. The third-order valence-electron chi connectivity index (χ3n) is 9.40. The molecule has 0 fully saturated rings. The average Bonchev–Trinajstić information content (AvgIpc) is 3.84. The minimum Gasteiger partial charge on any atom is -0.456 e. The van der Waals surface area contributed by atoms with E-state index in [2.05, 4.69) is 109 Å². The number of hydrogen-bond acceptors (Lipinski definition) is 6. The third-order valence-corrected chi connectivity index (χ3v) is 10.5. The highest BCUT2D eigenvalue weighted by Crippen LogP contribution is 2.42. The fourth-order valence-electron chi connectivity index (χ4n) is 6.89. The normalized spacial score (nSPS) is 11.5. The number of para-hydroxylation sites is 1. The summed E-state index contributed by atoms with van der Waals surface area (Å²) in [5, 5.41) is 2.98. The summed E-state index contributed by atoms with van der Waals surface area (Å²) < 4.78 is 7.71. The molecule has 0 N–H and O–H groups in total. The van der Waals surface area contributed by atoms with Crippen LogP contribution in [0.25, 0.3) is 99.1 Å². The summed E-state index contributed by atoms with van der Waals surface area (Å²) in [5.41, 5.74) is 10.8. The van der Waals surface area contributed by atoms with Crippen molar-refractivity contribution in [2.45, 2.75) is 0 Å². The molecule has 10 rings (SSSR count). The molecular formula is C46H28N4OS. The zero-order chi connectivity index (χ0) is 34.4. The van der Waals surface area contributed by atoms with Gasteiger partial charge in [-0.25, -0.2) is 19.9 Å². The van der Waals surface area contributed by atoms with Crippen molar-refractivity contribution in [3.05, 3.63) is 170 Å². The monoisotopic (exact) mass is 684 g/mol. The summed E-state index contributed by atoms with van der Waals surface area (Å²) in [5.74, 6) is 1.81. The average molecular weight is 685 g/mol. The van der Waals surface area contributed by atoms with Crippen LogP contribution in [-0.4, -0.2) is 19.9 Å². The van der Waals surface area contributed by atoms with Crippen LogP contribution in [0.4, 0.5) is 0 Å². The third kappa shape index (κ3) is 5.34. The maximum absolute atomic E-state index is 6.54. The predicted octanol–water partition coefficient (Wildman–Crippen LogP) is 12.4. The van der Waals surface area contributed by atoms with Crippen LogP contribution in [0.3, 0.4) is 0 Å². The molecule has 52 heavy (non-hydrogen) atoms. The van der Waals surface area contributed by atoms with Gasteiger partial charge in [0.25, 0.3) is 0 Å². The maximum atomic E-state index is 6.54. The number of furan rings is 1. The number of nitrogens with zero attached hydrogens (tertiary/aromatic N) is 4. The van der Waals surface area contributed by atoms with Gasteiger partial charge in [-0.05, 0) is 52.6 Å². The molecule has 0 radical (unpaired) electrons. The van der Waals surface area contributed by atoms with Gasteiger partial charge >= 0.3 is 0 Å². The SMILES string of the molecule is c1ccc(-c2ccc(-c3nc(-c4ccccc4)nc(-c4cccc5oc6cccc(-c7cccc(-c8nc9ccccc9s8)c7)c6c45)n3)cc2)cc1. The standard InChI is InChI=1S/C46H28N4OS/c1-3-12-29(13-4-1)30-24-26-32(27-25-30)44-48-43(31-14-5-2-6-15-31)49-45(50-44)36-19-11-22-39-42(36)41-35(18-10-21-38(41)51-39)33-16-9-17-34(28-33)46-47-37-20-7-8-23-40(37)52-46/h1-28H. The summed E-state index contributed by atoms with van der Waals surface area (Å²) in [4.78, 5) is 20.2. The van der Waals surface area contributed by atoms with Gasteiger partial charge in [-0.1, -0.05) is 140 Å². The molecule has 0 unspecified atom stereocenters. The molecule has 10 aromatic rings. The molecule has 0 atom stereocenters. The number of rotatable bonds is 6. The van der Waals surface area contributed by atoms with Gasteiger partial charge < -0.3 is 4.42 Å². The molecule has 0 aliphatic heterocycles. The van der Waals surface area contributed by atoms with Crippen molar-refractivity contribution in [1.82, 2.24) is 19.9 Å². The zero-order valence-corrected chi connectivity index (χ0v) is 28.6. The summed E-state index contributed by atoms with van der Waals surface area (Å²) in [6.45, 7) is 0. The minimum absolute atomic E-state index is 0.585. The molecule has 0 amide bonds. The Hall–Kier alpha value is -6.76. The van der Waals surface area contributed by atoms with E-state index in [-0.39, 0.29) is 0 Å². The van der Waals surface area contributed by atoms with Crippen LogP contribution in [0.2, 0.25) is 0 Å². The van der Waals surface area contributed by atoms with Crippen molar-refractivity contribution in [3.63, 3.8) is 0 Å². The highest BCUT2D eigenvalue weighted by Gasteiger charge is 2.20. The first-order chi connectivity index (χ1) is 25.7. The maximum Gasteiger partial charge on any atom is 0.164 e. The van der Waals surface area contributed by atoms with E-state index in [1.807, 2.05) is 60.7 Å². The van der Waals surface area contributed by atoms with E-state index in [1.54, 1.807) is 11.3 Å². The van der Waals surface area contributed by atoms with E-state index in [0.29, 0.717) is 17.5 Å². The molecule has 0 aliphatic rings. The Bertz CT molecular complexity index is 2860. The second-order valence-electron chi connectivity index (χ2n) is 12.6. The predicted molar refractivity (Wildman–Crippen MR) is 213 cm³/mol. The number of thiazole rings is 1. The van der Waals surface area contributed by atoms with Crippen molar-refractivity contribution < 1.29 is 4.42 Å². The lowest BCUT2D eigenvalue weighted by Crippen LogP contribution is -2.00. The van der Waals surface area contributed by atoms with E-state index in [0.717, 1.165) is 77.0 Å². The molecule has 5 nitrogen and oxygen atoms in total. The first-order valence-corrected chi connectivity index (χ1v) is 18.0. The quantitative estimate of drug-likeness (QED) is 0.174. The van der Waals surface area contributed by atoms with Crippen molar-refractivity contribution in [2.24, 2.45) is 0 Å². The van der Waals surface area contributed by atoms with E-state index in [9.17, 15) is 0 Å². The lowest BCUT2D eigenvalue weighted by Gasteiger charge is -2.11. The van der Waals surface area contributed by atoms with Crippen LogP contribution in [-0.2, 0) is 0 Å². The molecule has 0 spiro atoms. The molecule has 244 valence electrons. The van der Waals surface area contributed by atoms with Gasteiger partial charge in [0.05, 0.1) is 10.2 Å². The van der Waals surface area contributed by atoms with Gasteiger partial charge in [-0.15, -0.1) is 11.3 Å². The Morgan fingerprint density at radius 2 is 0.885 bits per heavy atom. The van der Waals surface area contributed by atoms with E-state index >= 15 is 0 Å². The van der Waals surface area contributed by atoms with Crippen LogP contribution in [0, 0.1) is 0 Å². The minimum atomic E-state index is 0.585. The lowest BCUT2D eigenvalue weighted by molar-refractivity contribution is 0.669. The van der Waals surface area contributed by atoms with Crippen LogP contribution >= 0.6 is 11.3 Å². The first kappa shape index (κ1) is 30.1. The number of aromatic nitrogens is 4. The topological polar surface area (TPSA) is 64.7 Å². The molecule has 7 aromatic carbocycles. The summed E-state index contributed by atoms with van der Waals surface area (Å²) in [7, 11) is 0. The smallest absolute Gasteiger partial charge is 0.164 e. The molecule has 0 saturated heterocycles. The van der Waals surface area contributed by atoms with Crippen LogP contribution in [0.15, 0.2) is 174 Å². The summed E-state index contributed by atoms with van der Waals surface area (Å²) in [6, 6.07) is 58.1. The first-order valence-electron chi connectivity index (χ1n) is 17.1. The molecule has 3 heterocycles. The highest BCUT2D eigenvalue weighted by atomic mass is 32.1. The number of fused-ring (bicyclic) bond motifs is 4. The Kier molecular flexibility index (Phi) is 7.25. The largest absolute Gasteiger partial charge is 0.456 e. The van der Waals surface area contributed by atoms with Gasteiger partial charge in [-0.2, -0.15) is 0 Å². The Morgan fingerprint density at radius 1 is 0.365 bits per heavy atom. The molecule has 0 aliphatic carbocycles. The molecule has 3 aromatic heterocycles. The van der Waals surface area contributed by atoms with Crippen LogP contribution in [0.1, 0.15) is 0 Å². The van der Waals surface area contributed by atoms with E-state index < -0.39 is 0 Å². The van der Waals surface area contributed by atoms with E-state index in [4.69, 9.17) is 24.4 Å². The Labute approximate surface area is 303 Å². The molecule has 0 saturated carbocycles. The summed E-state index contributed by atoms with van der Waals surface area (Å²) in [6.07, 6.45) is 0.